The Kier molecular flexibility index (Phi) is 4.02. The van der Waals surface area contributed by atoms with Crippen molar-refractivity contribution < 1.29 is 13.2 Å². The largest absolute Gasteiger partial charge is 0.276 e. The van der Waals surface area contributed by atoms with Gasteiger partial charge in [0.2, 0.25) is 0 Å². The Labute approximate surface area is 118 Å². The molecule has 0 bridgehead atoms. The average Bonchev–Trinajstić information content (AvgIpc) is 2.26. The van der Waals surface area contributed by atoms with Crippen LogP contribution in [0, 0.1) is 6.92 Å². The van der Waals surface area contributed by atoms with Crippen LogP contribution in [0.1, 0.15) is 53.6 Å². The lowest BCUT2D eigenvalue weighted by Gasteiger charge is -2.29. The Morgan fingerprint density at radius 1 is 1.37 bits per heavy atom. The van der Waals surface area contributed by atoms with Gasteiger partial charge in [-0.25, -0.2) is 8.42 Å². The van der Waals surface area contributed by atoms with Gasteiger partial charge in [0.1, 0.15) is 0 Å². The van der Waals surface area contributed by atoms with Crippen molar-refractivity contribution in [2.45, 2.75) is 43.9 Å². The Balaban J connectivity index is 2.69. The van der Waals surface area contributed by atoms with Crippen molar-refractivity contribution in [3.05, 3.63) is 28.8 Å². The van der Waals surface area contributed by atoms with Gasteiger partial charge in [0.15, 0.2) is 9.84 Å². The minimum atomic E-state index is -3.35. The third-order valence-corrected chi connectivity index (χ3v) is 6.01. The predicted molar refractivity (Wildman–Crippen MR) is 75.7 cm³/mol. The summed E-state index contributed by atoms with van der Waals surface area (Å²) in [6.45, 7) is 3.29. The van der Waals surface area contributed by atoms with Gasteiger partial charge in [-0.1, -0.05) is 19.4 Å². The van der Waals surface area contributed by atoms with Crippen LogP contribution in [0.3, 0.4) is 0 Å². The molecule has 0 atom stereocenters. The highest BCUT2D eigenvalue weighted by Crippen LogP contribution is 2.41. The molecule has 1 aliphatic rings. The van der Waals surface area contributed by atoms with Crippen LogP contribution < -0.4 is 0 Å². The molecule has 1 aromatic rings. The number of benzene rings is 1. The van der Waals surface area contributed by atoms with Crippen LogP contribution in [-0.2, 0) is 9.84 Å². The topological polar surface area (TPSA) is 51.2 Å². The SMILES string of the molecule is CCS(=O)(=O)c1c(C2CCC2)ccc(C(=O)Cl)c1C. The molecule has 0 amide bonds. The summed E-state index contributed by atoms with van der Waals surface area (Å²) >= 11 is 5.52. The van der Waals surface area contributed by atoms with E-state index in [1.165, 1.54) is 0 Å². The van der Waals surface area contributed by atoms with Gasteiger partial charge in [0, 0.05) is 5.56 Å². The highest BCUT2D eigenvalue weighted by Gasteiger charge is 2.29. The van der Waals surface area contributed by atoms with Gasteiger partial charge in [-0.15, -0.1) is 0 Å². The molecule has 0 spiro atoms. The Morgan fingerprint density at radius 3 is 2.42 bits per heavy atom. The highest BCUT2D eigenvalue weighted by atomic mass is 35.5. The molecule has 0 N–H and O–H groups in total. The van der Waals surface area contributed by atoms with Gasteiger partial charge < -0.3 is 0 Å². The van der Waals surface area contributed by atoms with E-state index in [0.717, 1.165) is 24.8 Å². The van der Waals surface area contributed by atoms with Crippen molar-refractivity contribution in [1.29, 1.82) is 0 Å². The monoisotopic (exact) mass is 300 g/mol. The standard InChI is InChI=1S/C14H17ClO3S/c1-3-19(17,18)13-9(2)11(14(15)16)7-8-12(13)10-5-4-6-10/h7-8,10H,3-6H2,1-2H3. The number of sulfone groups is 1. The minimum Gasteiger partial charge on any atom is -0.276 e. The number of rotatable bonds is 4. The van der Waals surface area contributed by atoms with Crippen LogP contribution >= 0.6 is 11.6 Å². The van der Waals surface area contributed by atoms with Crippen molar-refractivity contribution in [2.75, 3.05) is 5.75 Å². The molecule has 1 saturated carbocycles. The first-order valence-electron chi connectivity index (χ1n) is 6.44. The van der Waals surface area contributed by atoms with Crippen LogP contribution in [0.4, 0.5) is 0 Å². The molecule has 2 rings (SSSR count). The fourth-order valence-corrected chi connectivity index (χ4v) is 4.19. The van der Waals surface area contributed by atoms with Crippen LogP contribution in [0.25, 0.3) is 0 Å². The lowest BCUT2D eigenvalue weighted by Crippen LogP contribution is -2.17. The van der Waals surface area contributed by atoms with Gasteiger partial charge in [-0.05, 0) is 54.5 Å². The van der Waals surface area contributed by atoms with E-state index >= 15 is 0 Å². The van der Waals surface area contributed by atoms with Crippen LogP contribution in [0.2, 0.25) is 0 Å². The number of carbonyl (C=O) groups is 1. The summed E-state index contributed by atoms with van der Waals surface area (Å²) in [6, 6.07) is 3.40. The quantitative estimate of drug-likeness (QED) is 0.800. The lowest BCUT2D eigenvalue weighted by atomic mass is 9.79. The van der Waals surface area contributed by atoms with Crippen molar-refractivity contribution in [2.24, 2.45) is 0 Å². The summed E-state index contributed by atoms with van der Waals surface area (Å²) in [5.41, 5.74) is 1.63. The molecular formula is C14H17ClO3S. The first kappa shape index (κ1) is 14.5. The second-order valence-electron chi connectivity index (χ2n) is 4.96. The van der Waals surface area contributed by atoms with Gasteiger partial charge in [-0.3, -0.25) is 4.79 Å². The summed E-state index contributed by atoms with van der Waals surface area (Å²) in [6.07, 6.45) is 3.16. The minimum absolute atomic E-state index is 0.0352. The van der Waals surface area contributed by atoms with Crippen molar-refractivity contribution >= 4 is 26.7 Å². The zero-order chi connectivity index (χ0) is 14.2. The fraction of sp³-hybridized carbons (Fsp3) is 0.500. The van der Waals surface area contributed by atoms with Crippen molar-refractivity contribution in [3.63, 3.8) is 0 Å². The zero-order valence-corrected chi connectivity index (χ0v) is 12.6. The number of hydrogen-bond acceptors (Lipinski definition) is 3. The first-order chi connectivity index (χ1) is 8.88. The Morgan fingerprint density at radius 2 is 2.00 bits per heavy atom. The predicted octanol–water partition coefficient (Wildman–Crippen LogP) is 3.44. The summed E-state index contributed by atoms with van der Waals surface area (Å²) < 4.78 is 24.6. The highest BCUT2D eigenvalue weighted by molar-refractivity contribution is 7.91. The third kappa shape index (κ3) is 2.56. The Bertz CT molecular complexity index is 616. The van der Waals surface area contributed by atoms with E-state index in [0.29, 0.717) is 16.4 Å². The third-order valence-electron chi connectivity index (χ3n) is 3.88. The molecule has 104 valence electrons. The van der Waals surface area contributed by atoms with Gasteiger partial charge in [0.05, 0.1) is 10.6 Å². The summed E-state index contributed by atoms with van der Waals surface area (Å²) in [7, 11) is -3.35. The van der Waals surface area contributed by atoms with Crippen LogP contribution in [0.5, 0.6) is 0 Å². The summed E-state index contributed by atoms with van der Waals surface area (Å²) in [4.78, 5) is 11.7. The molecule has 1 aromatic carbocycles. The first-order valence-corrected chi connectivity index (χ1v) is 8.47. The molecule has 0 saturated heterocycles. The molecule has 1 fully saturated rings. The van der Waals surface area contributed by atoms with E-state index in [-0.39, 0.29) is 11.3 Å². The Hall–Kier alpha value is -0.870. The maximum Gasteiger partial charge on any atom is 0.252 e. The van der Waals surface area contributed by atoms with E-state index in [1.54, 1.807) is 26.0 Å². The molecular weight excluding hydrogens is 284 g/mol. The second kappa shape index (κ2) is 5.25. The van der Waals surface area contributed by atoms with E-state index < -0.39 is 15.1 Å². The van der Waals surface area contributed by atoms with Gasteiger partial charge >= 0.3 is 0 Å². The molecule has 0 aromatic heterocycles. The molecule has 0 unspecified atom stereocenters. The lowest BCUT2D eigenvalue weighted by molar-refractivity contribution is 0.108. The fourth-order valence-electron chi connectivity index (χ4n) is 2.52. The molecule has 0 radical (unpaired) electrons. The summed E-state index contributed by atoms with van der Waals surface area (Å²) in [5, 5.41) is -0.606. The van der Waals surface area contributed by atoms with Crippen LogP contribution in [-0.4, -0.2) is 19.4 Å². The van der Waals surface area contributed by atoms with E-state index in [4.69, 9.17) is 11.6 Å². The molecule has 19 heavy (non-hydrogen) atoms. The van der Waals surface area contributed by atoms with E-state index in [1.807, 2.05) is 0 Å². The second-order valence-corrected chi connectivity index (χ2v) is 7.52. The van der Waals surface area contributed by atoms with Gasteiger partial charge in [0.25, 0.3) is 5.24 Å². The van der Waals surface area contributed by atoms with Gasteiger partial charge in [-0.2, -0.15) is 0 Å². The molecule has 0 aliphatic heterocycles. The molecule has 3 nitrogen and oxygen atoms in total. The molecule has 5 heteroatoms. The smallest absolute Gasteiger partial charge is 0.252 e. The zero-order valence-electron chi connectivity index (χ0n) is 11.1. The molecule has 1 aliphatic carbocycles. The average molecular weight is 301 g/mol. The molecule has 0 heterocycles. The normalized spacial score (nSPS) is 16.2. The van der Waals surface area contributed by atoms with E-state index in [2.05, 4.69) is 0 Å². The number of hydrogen-bond donors (Lipinski definition) is 0. The number of halogens is 1. The maximum absolute atomic E-state index is 12.3. The van der Waals surface area contributed by atoms with E-state index in [9.17, 15) is 13.2 Å². The van der Waals surface area contributed by atoms with Crippen LogP contribution in [0.15, 0.2) is 17.0 Å². The van der Waals surface area contributed by atoms with Crippen molar-refractivity contribution in [3.8, 4) is 0 Å². The maximum atomic E-state index is 12.3. The summed E-state index contributed by atoms with van der Waals surface area (Å²) in [5.74, 6) is 0.336. The number of carbonyl (C=O) groups excluding carboxylic acids is 1. The van der Waals surface area contributed by atoms with Crippen molar-refractivity contribution in [1.82, 2.24) is 0 Å².